The topological polar surface area (TPSA) is 63.3 Å². The molecule has 0 spiro atoms. The van der Waals surface area contributed by atoms with Crippen molar-refractivity contribution in [2.45, 2.75) is 57.9 Å². The van der Waals surface area contributed by atoms with Gasteiger partial charge in [-0.15, -0.1) is 0 Å². The smallest absolute Gasteiger partial charge is 0.323 e. The molecule has 0 aromatic carbocycles. The van der Waals surface area contributed by atoms with Gasteiger partial charge in [0.05, 0.1) is 0 Å². The molecular formula is C13H27NO2S. The highest BCUT2D eigenvalue weighted by Gasteiger charge is 2.40. The lowest BCUT2D eigenvalue weighted by molar-refractivity contribution is -0.145. The minimum absolute atomic E-state index is 0.0663. The molecule has 0 amide bonds. The molecule has 0 saturated carbocycles. The van der Waals surface area contributed by atoms with Crippen molar-refractivity contribution < 1.29 is 9.90 Å². The molecule has 0 aromatic rings. The first kappa shape index (κ1) is 16.8. The van der Waals surface area contributed by atoms with Crippen LogP contribution < -0.4 is 5.73 Å². The van der Waals surface area contributed by atoms with Gasteiger partial charge in [0.1, 0.15) is 5.54 Å². The highest BCUT2D eigenvalue weighted by molar-refractivity contribution is 7.98. The van der Waals surface area contributed by atoms with Crippen molar-refractivity contribution in [1.82, 2.24) is 0 Å². The van der Waals surface area contributed by atoms with Gasteiger partial charge in [-0.2, -0.15) is 11.8 Å². The Labute approximate surface area is 110 Å². The third-order valence-corrected chi connectivity index (χ3v) is 4.17. The van der Waals surface area contributed by atoms with E-state index in [9.17, 15) is 9.90 Å². The highest BCUT2D eigenvalue weighted by Crippen LogP contribution is 2.27. The van der Waals surface area contributed by atoms with E-state index in [0.717, 1.165) is 37.9 Å². The molecule has 0 heterocycles. The first-order valence-corrected chi connectivity index (χ1v) is 7.93. The zero-order chi connectivity index (χ0) is 13.3. The number of carboxylic acids is 1. The second kappa shape index (κ2) is 8.81. The summed E-state index contributed by atoms with van der Waals surface area (Å²) in [5.74, 6) is 0.0547. The van der Waals surface area contributed by atoms with Crippen LogP contribution in [0.2, 0.25) is 0 Å². The summed E-state index contributed by atoms with van der Waals surface area (Å²) in [4.78, 5) is 11.4. The molecule has 0 aliphatic rings. The van der Waals surface area contributed by atoms with Crippen LogP contribution in [0, 0.1) is 5.92 Å². The Balaban J connectivity index is 4.47. The molecule has 3 N–H and O–H groups in total. The maximum atomic E-state index is 11.4. The SMILES string of the molecule is CCCCCCC(N)(C(=O)O)C(CC)CSC. The van der Waals surface area contributed by atoms with Crippen molar-refractivity contribution in [3.05, 3.63) is 0 Å². The summed E-state index contributed by atoms with van der Waals surface area (Å²) in [7, 11) is 0. The lowest BCUT2D eigenvalue weighted by atomic mass is 9.80. The van der Waals surface area contributed by atoms with Crippen LogP contribution in [0.5, 0.6) is 0 Å². The van der Waals surface area contributed by atoms with E-state index in [1.54, 1.807) is 11.8 Å². The number of rotatable bonds is 10. The number of hydrogen-bond acceptors (Lipinski definition) is 3. The zero-order valence-electron chi connectivity index (χ0n) is 11.4. The van der Waals surface area contributed by atoms with Gasteiger partial charge < -0.3 is 10.8 Å². The molecule has 2 atom stereocenters. The van der Waals surface area contributed by atoms with Crippen LogP contribution in [0.25, 0.3) is 0 Å². The summed E-state index contributed by atoms with van der Waals surface area (Å²) in [5, 5.41) is 9.38. The summed E-state index contributed by atoms with van der Waals surface area (Å²) in [6.07, 6.45) is 7.75. The lowest BCUT2D eigenvalue weighted by Gasteiger charge is -2.33. The third kappa shape index (κ3) is 5.30. The Morgan fingerprint density at radius 2 is 2.00 bits per heavy atom. The van der Waals surface area contributed by atoms with Crippen LogP contribution in [-0.2, 0) is 4.79 Å². The lowest BCUT2D eigenvalue weighted by Crippen LogP contribution is -2.54. The Kier molecular flexibility index (Phi) is 8.70. The van der Waals surface area contributed by atoms with Gasteiger partial charge in [0.25, 0.3) is 0 Å². The van der Waals surface area contributed by atoms with Crippen molar-refractivity contribution in [2.75, 3.05) is 12.0 Å². The molecule has 4 heteroatoms. The van der Waals surface area contributed by atoms with Crippen molar-refractivity contribution in [1.29, 1.82) is 0 Å². The van der Waals surface area contributed by atoms with E-state index in [4.69, 9.17) is 5.73 Å². The molecule has 0 rings (SSSR count). The van der Waals surface area contributed by atoms with Crippen molar-refractivity contribution in [3.63, 3.8) is 0 Å². The van der Waals surface area contributed by atoms with Gasteiger partial charge in [-0.1, -0.05) is 46.0 Å². The molecule has 0 aliphatic carbocycles. The molecule has 3 nitrogen and oxygen atoms in total. The minimum atomic E-state index is -1.04. The van der Waals surface area contributed by atoms with E-state index in [2.05, 4.69) is 6.92 Å². The van der Waals surface area contributed by atoms with Crippen LogP contribution >= 0.6 is 11.8 Å². The number of thioether (sulfide) groups is 1. The maximum Gasteiger partial charge on any atom is 0.323 e. The normalized spacial score (nSPS) is 16.5. The minimum Gasteiger partial charge on any atom is -0.480 e. The molecule has 0 bridgehead atoms. The van der Waals surface area contributed by atoms with Gasteiger partial charge in [0.15, 0.2) is 0 Å². The predicted molar refractivity (Wildman–Crippen MR) is 75.5 cm³/mol. The van der Waals surface area contributed by atoms with Gasteiger partial charge in [0, 0.05) is 0 Å². The second-order valence-corrected chi connectivity index (χ2v) is 5.63. The van der Waals surface area contributed by atoms with Crippen molar-refractivity contribution in [2.24, 2.45) is 11.7 Å². The molecule has 17 heavy (non-hydrogen) atoms. The highest BCUT2D eigenvalue weighted by atomic mass is 32.2. The van der Waals surface area contributed by atoms with Gasteiger partial charge in [-0.05, 0) is 24.3 Å². The Hall–Kier alpha value is -0.220. The second-order valence-electron chi connectivity index (χ2n) is 4.72. The van der Waals surface area contributed by atoms with Crippen LogP contribution in [0.1, 0.15) is 52.4 Å². The van der Waals surface area contributed by atoms with Gasteiger partial charge >= 0.3 is 5.97 Å². The van der Waals surface area contributed by atoms with E-state index in [0.29, 0.717) is 6.42 Å². The molecule has 0 aromatic heterocycles. The quantitative estimate of drug-likeness (QED) is 0.593. The van der Waals surface area contributed by atoms with Crippen LogP contribution in [0.3, 0.4) is 0 Å². The summed E-state index contributed by atoms with van der Waals surface area (Å²) in [6.45, 7) is 4.17. The largest absolute Gasteiger partial charge is 0.480 e. The summed E-state index contributed by atoms with van der Waals surface area (Å²) in [5.41, 5.74) is 5.11. The molecule has 0 aliphatic heterocycles. The standard InChI is InChI=1S/C13H27NO2S/c1-4-6-7-8-9-13(14,12(15)16)11(5-2)10-17-3/h11H,4-10,14H2,1-3H3,(H,15,16). The van der Waals surface area contributed by atoms with E-state index >= 15 is 0 Å². The summed E-state index contributed by atoms with van der Waals surface area (Å²) < 4.78 is 0. The molecule has 2 unspecified atom stereocenters. The number of aliphatic carboxylic acids is 1. The number of unbranched alkanes of at least 4 members (excludes halogenated alkanes) is 3. The number of carboxylic acid groups (broad SMARTS) is 1. The number of hydrogen-bond donors (Lipinski definition) is 2. The first-order valence-electron chi connectivity index (χ1n) is 6.54. The summed E-state index contributed by atoms with van der Waals surface area (Å²) >= 11 is 1.68. The van der Waals surface area contributed by atoms with Crippen molar-refractivity contribution in [3.8, 4) is 0 Å². The monoisotopic (exact) mass is 261 g/mol. The maximum absolute atomic E-state index is 11.4. The van der Waals surface area contributed by atoms with Gasteiger partial charge in [-0.25, -0.2) is 0 Å². The number of carbonyl (C=O) groups is 1. The fraction of sp³-hybridized carbons (Fsp3) is 0.923. The van der Waals surface area contributed by atoms with E-state index in [1.165, 1.54) is 0 Å². The van der Waals surface area contributed by atoms with Crippen LogP contribution in [0.4, 0.5) is 0 Å². The van der Waals surface area contributed by atoms with E-state index < -0.39 is 11.5 Å². The molecule has 0 radical (unpaired) electrons. The first-order chi connectivity index (χ1) is 8.02. The van der Waals surface area contributed by atoms with Gasteiger partial charge in [0.2, 0.25) is 0 Å². The number of nitrogens with two attached hydrogens (primary N) is 1. The molecule has 0 fully saturated rings. The zero-order valence-corrected chi connectivity index (χ0v) is 12.2. The van der Waals surface area contributed by atoms with E-state index in [1.807, 2.05) is 13.2 Å². The average Bonchev–Trinajstić information content (AvgIpc) is 2.31. The fourth-order valence-electron chi connectivity index (χ4n) is 2.16. The third-order valence-electron chi connectivity index (χ3n) is 3.43. The fourth-order valence-corrected chi connectivity index (χ4v) is 3.10. The van der Waals surface area contributed by atoms with E-state index in [-0.39, 0.29) is 5.92 Å². The van der Waals surface area contributed by atoms with Crippen LogP contribution in [0.15, 0.2) is 0 Å². The molecular weight excluding hydrogens is 234 g/mol. The predicted octanol–water partition coefficient (Wildman–Crippen LogP) is 3.13. The Morgan fingerprint density at radius 3 is 2.41 bits per heavy atom. The average molecular weight is 261 g/mol. The summed E-state index contributed by atoms with van der Waals surface area (Å²) in [6, 6.07) is 0. The Bertz CT molecular complexity index is 223. The van der Waals surface area contributed by atoms with Gasteiger partial charge in [-0.3, -0.25) is 4.79 Å². The molecule has 102 valence electrons. The van der Waals surface area contributed by atoms with Crippen LogP contribution in [-0.4, -0.2) is 28.6 Å². The Morgan fingerprint density at radius 1 is 1.35 bits per heavy atom. The van der Waals surface area contributed by atoms with Crippen molar-refractivity contribution >= 4 is 17.7 Å². The molecule has 0 saturated heterocycles.